The summed E-state index contributed by atoms with van der Waals surface area (Å²) in [6, 6.07) is 14.0. The lowest BCUT2D eigenvalue weighted by molar-refractivity contribution is -0.118. The predicted molar refractivity (Wildman–Crippen MR) is 93.4 cm³/mol. The van der Waals surface area contributed by atoms with Crippen molar-refractivity contribution < 1.29 is 19.1 Å². The minimum absolute atomic E-state index is 0.0534. The van der Waals surface area contributed by atoms with Crippen LogP contribution in [0, 0.1) is 0 Å². The Labute approximate surface area is 145 Å². The van der Waals surface area contributed by atoms with Gasteiger partial charge in [-0.25, -0.2) is 4.79 Å². The standard InChI is InChI=1S/C19H18N2O4/c1-12(22)21(2)14-9-7-13(8-10-14)20-18(23)11-17-15-5-3-4-6-16(15)19(24)25-17/h3-10,17H,11H2,1-2H3,(H,20,23). The minimum Gasteiger partial charge on any atom is -0.453 e. The first kappa shape index (κ1) is 16.7. The summed E-state index contributed by atoms with van der Waals surface area (Å²) in [5, 5.41) is 2.78. The van der Waals surface area contributed by atoms with Crippen LogP contribution in [0.1, 0.15) is 35.4 Å². The topological polar surface area (TPSA) is 75.7 Å². The Morgan fingerprint density at radius 3 is 2.48 bits per heavy atom. The summed E-state index contributed by atoms with van der Waals surface area (Å²) in [6.07, 6.45) is -0.510. The molecule has 1 heterocycles. The normalized spacial score (nSPS) is 15.3. The van der Waals surface area contributed by atoms with Crippen LogP contribution in [-0.2, 0) is 14.3 Å². The van der Waals surface area contributed by atoms with E-state index >= 15 is 0 Å². The van der Waals surface area contributed by atoms with Crippen LogP contribution in [0.5, 0.6) is 0 Å². The molecule has 1 N–H and O–H groups in total. The maximum absolute atomic E-state index is 12.2. The van der Waals surface area contributed by atoms with Crippen molar-refractivity contribution in [2.45, 2.75) is 19.4 Å². The number of nitrogens with one attached hydrogen (secondary N) is 1. The Bertz CT molecular complexity index is 830. The summed E-state index contributed by atoms with van der Waals surface area (Å²) in [5.74, 6) is -0.717. The van der Waals surface area contributed by atoms with Gasteiger partial charge in [0.25, 0.3) is 0 Å². The van der Waals surface area contributed by atoms with Gasteiger partial charge in [0.1, 0.15) is 6.10 Å². The first-order chi connectivity index (χ1) is 12.0. The second-order valence-electron chi connectivity index (χ2n) is 5.86. The van der Waals surface area contributed by atoms with Gasteiger partial charge in [-0.1, -0.05) is 18.2 Å². The van der Waals surface area contributed by atoms with Gasteiger partial charge in [-0.05, 0) is 30.3 Å². The fourth-order valence-corrected chi connectivity index (χ4v) is 2.70. The average molecular weight is 338 g/mol. The smallest absolute Gasteiger partial charge is 0.339 e. The largest absolute Gasteiger partial charge is 0.453 e. The molecule has 2 aromatic carbocycles. The number of carbonyl (C=O) groups excluding carboxylic acids is 3. The molecule has 0 saturated carbocycles. The van der Waals surface area contributed by atoms with Gasteiger partial charge in [-0.2, -0.15) is 0 Å². The van der Waals surface area contributed by atoms with E-state index in [4.69, 9.17) is 4.74 Å². The van der Waals surface area contributed by atoms with E-state index < -0.39 is 12.1 Å². The van der Waals surface area contributed by atoms with Crippen LogP contribution in [0.4, 0.5) is 11.4 Å². The summed E-state index contributed by atoms with van der Waals surface area (Å²) in [6.45, 7) is 1.48. The Morgan fingerprint density at radius 2 is 1.80 bits per heavy atom. The first-order valence-corrected chi connectivity index (χ1v) is 7.90. The van der Waals surface area contributed by atoms with Crippen molar-refractivity contribution in [3.05, 3.63) is 59.7 Å². The first-order valence-electron chi connectivity index (χ1n) is 7.90. The number of anilines is 2. The molecule has 2 aromatic rings. The lowest BCUT2D eigenvalue weighted by Gasteiger charge is -2.15. The number of cyclic esters (lactones) is 1. The summed E-state index contributed by atoms with van der Waals surface area (Å²) < 4.78 is 5.27. The van der Waals surface area contributed by atoms with Crippen LogP contribution in [-0.4, -0.2) is 24.8 Å². The average Bonchev–Trinajstić information content (AvgIpc) is 2.91. The van der Waals surface area contributed by atoms with E-state index in [9.17, 15) is 14.4 Å². The molecule has 0 bridgehead atoms. The van der Waals surface area contributed by atoms with Crippen LogP contribution in [0.25, 0.3) is 0 Å². The molecule has 3 rings (SSSR count). The zero-order valence-corrected chi connectivity index (χ0v) is 14.0. The van der Waals surface area contributed by atoms with E-state index in [2.05, 4.69) is 5.32 Å². The number of carbonyl (C=O) groups is 3. The Morgan fingerprint density at radius 1 is 1.12 bits per heavy atom. The van der Waals surface area contributed by atoms with E-state index in [1.807, 2.05) is 6.07 Å². The van der Waals surface area contributed by atoms with E-state index in [0.29, 0.717) is 11.3 Å². The van der Waals surface area contributed by atoms with Crippen LogP contribution in [0.2, 0.25) is 0 Å². The number of amides is 2. The number of fused-ring (bicyclic) bond motifs is 1. The molecular weight excluding hydrogens is 320 g/mol. The SMILES string of the molecule is CC(=O)N(C)c1ccc(NC(=O)CC2OC(=O)c3ccccc32)cc1. The molecule has 1 aliphatic rings. The molecule has 25 heavy (non-hydrogen) atoms. The van der Waals surface area contributed by atoms with Crippen molar-refractivity contribution in [3.8, 4) is 0 Å². The third kappa shape index (κ3) is 3.52. The number of rotatable bonds is 4. The molecular formula is C19H18N2O4. The quantitative estimate of drug-likeness (QED) is 0.870. The molecule has 1 unspecified atom stereocenters. The van der Waals surface area contributed by atoms with Gasteiger partial charge in [0.15, 0.2) is 0 Å². The Hall–Kier alpha value is -3.15. The van der Waals surface area contributed by atoms with E-state index in [1.165, 1.54) is 11.8 Å². The molecule has 0 fully saturated rings. The van der Waals surface area contributed by atoms with Crippen LogP contribution < -0.4 is 10.2 Å². The number of hydrogen-bond donors (Lipinski definition) is 1. The summed E-state index contributed by atoms with van der Waals surface area (Å²) >= 11 is 0. The molecule has 1 atom stereocenters. The van der Waals surface area contributed by atoms with Crippen molar-refractivity contribution in [2.75, 3.05) is 17.3 Å². The van der Waals surface area contributed by atoms with Gasteiger partial charge in [0, 0.05) is 30.9 Å². The monoisotopic (exact) mass is 338 g/mol. The highest BCUT2D eigenvalue weighted by molar-refractivity contribution is 5.96. The van der Waals surface area contributed by atoms with Gasteiger partial charge in [0.05, 0.1) is 12.0 Å². The second kappa shape index (κ2) is 6.76. The predicted octanol–water partition coefficient (Wildman–Crippen LogP) is 2.91. The van der Waals surface area contributed by atoms with Crippen molar-refractivity contribution in [1.29, 1.82) is 0 Å². The third-order valence-corrected chi connectivity index (χ3v) is 4.16. The van der Waals surface area contributed by atoms with Gasteiger partial charge in [-0.15, -0.1) is 0 Å². The molecule has 128 valence electrons. The van der Waals surface area contributed by atoms with E-state index in [1.54, 1.807) is 49.5 Å². The minimum atomic E-state index is -0.563. The molecule has 0 aliphatic carbocycles. The number of benzene rings is 2. The second-order valence-corrected chi connectivity index (χ2v) is 5.86. The maximum atomic E-state index is 12.2. The Kier molecular flexibility index (Phi) is 4.52. The van der Waals surface area contributed by atoms with Crippen LogP contribution in [0.15, 0.2) is 48.5 Å². The maximum Gasteiger partial charge on any atom is 0.339 e. The van der Waals surface area contributed by atoms with Crippen molar-refractivity contribution in [1.82, 2.24) is 0 Å². The van der Waals surface area contributed by atoms with E-state index in [0.717, 1.165) is 11.3 Å². The van der Waals surface area contributed by atoms with Crippen molar-refractivity contribution in [2.24, 2.45) is 0 Å². The Balaban J connectivity index is 1.64. The molecule has 0 saturated heterocycles. The van der Waals surface area contributed by atoms with Gasteiger partial charge < -0.3 is 15.0 Å². The summed E-state index contributed by atoms with van der Waals surface area (Å²) in [4.78, 5) is 36.9. The van der Waals surface area contributed by atoms with Gasteiger partial charge in [0.2, 0.25) is 11.8 Å². The summed E-state index contributed by atoms with van der Waals surface area (Å²) in [5.41, 5.74) is 2.60. The fourth-order valence-electron chi connectivity index (χ4n) is 2.70. The molecule has 0 aromatic heterocycles. The number of nitrogens with zero attached hydrogens (tertiary/aromatic N) is 1. The number of ether oxygens (including phenoxy) is 1. The molecule has 2 amide bonds. The van der Waals surface area contributed by atoms with Gasteiger partial charge >= 0.3 is 5.97 Å². The zero-order chi connectivity index (χ0) is 18.0. The lowest BCUT2D eigenvalue weighted by atomic mass is 10.0. The molecule has 0 radical (unpaired) electrons. The highest BCUT2D eigenvalue weighted by Gasteiger charge is 2.31. The van der Waals surface area contributed by atoms with Crippen LogP contribution in [0.3, 0.4) is 0 Å². The zero-order valence-electron chi connectivity index (χ0n) is 14.0. The number of esters is 1. The van der Waals surface area contributed by atoms with Gasteiger partial charge in [-0.3, -0.25) is 9.59 Å². The van der Waals surface area contributed by atoms with Crippen molar-refractivity contribution >= 4 is 29.2 Å². The van der Waals surface area contributed by atoms with Crippen LogP contribution >= 0.6 is 0 Å². The highest BCUT2D eigenvalue weighted by Crippen LogP contribution is 2.33. The fraction of sp³-hybridized carbons (Fsp3) is 0.211. The molecule has 0 spiro atoms. The number of hydrogen-bond acceptors (Lipinski definition) is 4. The van der Waals surface area contributed by atoms with Crippen molar-refractivity contribution in [3.63, 3.8) is 0 Å². The summed E-state index contributed by atoms with van der Waals surface area (Å²) in [7, 11) is 1.68. The van der Waals surface area contributed by atoms with E-state index in [-0.39, 0.29) is 18.2 Å². The molecule has 1 aliphatic heterocycles. The lowest BCUT2D eigenvalue weighted by Crippen LogP contribution is -2.22. The molecule has 6 heteroatoms. The molecule has 6 nitrogen and oxygen atoms in total. The highest BCUT2D eigenvalue weighted by atomic mass is 16.5. The third-order valence-electron chi connectivity index (χ3n) is 4.16.